The van der Waals surface area contributed by atoms with E-state index in [9.17, 15) is 29.3 Å². The summed E-state index contributed by atoms with van der Waals surface area (Å²) >= 11 is 0. The zero-order valence-corrected chi connectivity index (χ0v) is 18.4. The lowest BCUT2D eigenvalue weighted by molar-refractivity contribution is -0.384. The van der Waals surface area contributed by atoms with E-state index in [-0.39, 0.29) is 52.3 Å². The van der Waals surface area contributed by atoms with E-state index < -0.39 is 23.3 Å². The van der Waals surface area contributed by atoms with E-state index in [1.807, 2.05) is 0 Å². The molecule has 176 valence electrons. The fourth-order valence-corrected chi connectivity index (χ4v) is 6.07. The van der Waals surface area contributed by atoms with Crippen LogP contribution in [0.2, 0.25) is 0 Å². The summed E-state index contributed by atoms with van der Waals surface area (Å²) in [4.78, 5) is 63.1. The number of ether oxygens (including phenoxy) is 1. The molecule has 1 aliphatic heterocycles. The van der Waals surface area contributed by atoms with Gasteiger partial charge in [0.05, 0.1) is 28.0 Å². The van der Waals surface area contributed by atoms with Gasteiger partial charge in [0.1, 0.15) is 0 Å². The standard InChI is InChI=1S/C26H20N2O7/c29-21(13-3-1-6-16(9-13)28(33)34)12-35-26(32)14-4-2-5-15(10-14)27-24(30)22-17-7-8-18(20-11-19(17)20)23(22)25(27)31/h1-10,17-20,22-23H,11-12H2/t17-,18+,19-,20-,22+,23+/m1/s1. The van der Waals surface area contributed by atoms with Crippen LogP contribution in [0.3, 0.4) is 0 Å². The highest BCUT2D eigenvalue weighted by Gasteiger charge is 2.67. The number of carbonyl (C=O) groups is 4. The van der Waals surface area contributed by atoms with Gasteiger partial charge in [0.2, 0.25) is 17.6 Å². The number of carbonyl (C=O) groups excluding carboxylic acids is 4. The van der Waals surface area contributed by atoms with Crippen molar-refractivity contribution in [3.05, 3.63) is 81.9 Å². The lowest BCUT2D eigenvalue weighted by Gasteiger charge is -2.37. The molecule has 35 heavy (non-hydrogen) atoms. The maximum Gasteiger partial charge on any atom is 0.338 e. The predicted octanol–water partition coefficient (Wildman–Crippen LogP) is 3.19. The molecule has 0 aromatic heterocycles. The first-order valence-corrected chi connectivity index (χ1v) is 11.5. The van der Waals surface area contributed by atoms with Crippen molar-refractivity contribution in [3.63, 3.8) is 0 Å². The number of rotatable bonds is 6. The number of imide groups is 1. The minimum Gasteiger partial charge on any atom is -0.454 e. The van der Waals surface area contributed by atoms with E-state index in [0.717, 1.165) is 12.5 Å². The average Bonchev–Trinajstić information content (AvgIpc) is 3.65. The SMILES string of the molecule is O=C(COC(=O)c1cccc(N2C(=O)[C@H]3[C@@H]4C=C[C@@H]([C@H]5C[C@H]45)[C@@H]3C2=O)c1)c1cccc([N+](=O)[O-])c1. The lowest BCUT2D eigenvalue weighted by Crippen LogP contribution is -2.40. The summed E-state index contributed by atoms with van der Waals surface area (Å²) in [6, 6.07) is 11.2. The Kier molecular flexibility index (Phi) is 4.70. The van der Waals surface area contributed by atoms with Crippen molar-refractivity contribution in [2.75, 3.05) is 11.5 Å². The largest absolute Gasteiger partial charge is 0.454 e. The highest BCUT2D eigenvalue weighted by molar-refractivity contribution is 6.23. The number of nitrogens with zero attached hydrogens (tertiary/aromatic N) is 2. The quantitative estimate of drug-likeness (QED) is 0.158. The monoisotopic (exact) mass is 472 g/mol. The first kappa shape index (κ1) is 21.4. The van der Waals surface area contributed by atoms with E-state index in [4.69, 9.17) is 4.74 Å². The third-order valence-corrected chi connectivity index (χ3v) is 7.72. The number of non-ortho nitro benzene ring substituents is 1. The highest BCUT2D eigenvalue weighted by atomic mass is 16.6. The first-order chi connectivity index (χ1) is 16.8. The molecule has 9 heteroatoms. The van der Waals surface area contributed by atoms with Crippen molar-refractivity contribution in [2.24, 2.45) is 35.5 Å². The Morgan fingerprint density at radius 1 is 0.943 bits per heavy atom. The average molecular weight is 472 g/mol. The van der Waals surface area contributed by atoms with Crippen LogP contribution in [0.25, 0.3) is 0 Å². The predicted molar refractivity (Wildman–Crippen MR) is 121 cm³/mol. The van der Waals surface area contributed by atoms with E-state index in [0.29, 0.717) is 17.5 Å². The van der Waals surface area contributed by atoms with E-state index in [1.54, 1.807) is 12.1 Å². The zero-order valence-electron chi connectivity index (χ0n) is 18.4. The van der Waals surface area contributed by atoms with Gasteiger partial charge in [-0.25, -0.2) is 9.69 Å². The van der Waals surface area contributed by atoms with Crippen LogP contribution in [0.4, 0.5) is 11.4 Å². The van der Waals surface area contributed by atoms with Crippen LogP contribution in [0, 0.1) is 45.6 Å². The fourth-order valence-electron chi connectivity index (χ4n) is 6.07. The van der Waals surface area contributed by atoms with Crippen LogP contribution in [0.1, 0.15) is 27.1 Å². The van der Waals surface area contributed by atoms with Gasteiger partial charge in [-0.05, 0) is 48.3 Å². The van der Waals surface area contributed by atoms with Crippen LogP contribution in [0.5, 0.6) is 0 Å². The summed E-state index contributed by atoms with van der Waals surface area (Å²) < 4.78 is 5.12. The van der Waals surface area contributed by atoms with Gasteiger partial charge >= 0.3 is 5.97 Å². The molecule has 2 bridgehead atoms. The third-order valence-electron chi connectivity index (χ3n) is 7.72. The third kappa shape index (κ3) is 3.30. The van der Waals surface area contributed by atoms with Gasteiger partial charge in [-0.1, -0.05) is 30.4 Å². The molecule has 4 aliphatic carbocycles. The highest BCUT2D eigenvalue weighted by Crippen LogP contribution is 2.65. The molecular weight excluding hydrogens is 452 g/mol. The molecule has 6 atom stereocenters. The summed E-state index contributed by atoms with van der Waals surface area (Å²) in [5, 5.41) is 10.9. The molecule has 0 unspecified atom stereocenters. The number of hydrogen-bond donors (Lipinski definition) is 0. The lowest BCUT2D eigenvalue weighted by atomic mass is 9.63. The van der Waals surface area contributed by atoms with Crippen LogP contribution in [0.15, 0.2) is 60.7 Å². The summed E-state index contributed by atoms with van der Waals surface area (Å²) in [7, 11) is 0. The molecule has 0 N–H and O–H groups in total. The number of nitro groups is 1. The number of hydrogen-bond acceptors (Lipinski definition) is 7. The maximum atomic E-state index is 13.3. The van der Waals surface area contributed by atoms with Gasteiger partial charge < -0.3 is 4.74 Å². The summed E-state index contributed by atoms with van der Waals surface area (Å²) in [5.74, 6) is -1.34. The Balaban J connectivity index is 1.17. The van der Waals surface area contributed by atoms with E-state index >= 15 is 0 Å². The second-order valence-corrected chi connectivity index (χ2v) is 9.52. The van der Waals surface area contributed by atoms with Crippen LogP contribution >= 0.6 is 0 Å². The molecule has 2 saturated carbocycles. The van der Waals surface area contributed by atoms with Crippen molar-refractivity contribution >= 4 is 34.9 Å². The summed E-state index contributed by atoms with van der Waals surface area (Å²) in [6.07, 6.45) is 5.27. The smallest absolute Gasteiger partial charge is 0.338 e. The van der Waals surface area contributed by atoms with Crippen molar-refractivity contribution in [2.45, 2.75) is 6.42 Å². The number of amides is 2. The van der Waals surface area contributed by atoms with Gasteiger partial charge in [0, 0.05) is 17.7 Å². The first-order valence-electron chi connectivity index (χ1n) is 11.5. The fraction of sp³-hybridized carbons (Fsp3) is 0.308. The molecule has 2 aromatic rings. The zero-order chi connectivity index (χ0) is 24.4. The molecule has 1 saturated heterocycles. The maximum absolute atomic E-state index is 13.3. The van der Waals surface area contributed by atoms with Crippen molar-refractivity contribution < 1.29 is 28.8 Å². The number of anilines is 1. The van der Waals surface area contributed by atoms with Crippen molar-refractivity contribution in [1.29, 1.82) is 0 Å². The Morgan fingerprint density at radius 2 is 1.57 bits per heavy atom. The van der Waals surface area contributed by atoms with Crippen LogP contribution < -0.4 is 4.90 Å². The minimum atomic E-state index is -0.801. The summed E-state index contributed by atoms with van der Waals surface area (Å²) in [6.45, 7) is -0.603. The number of esters is 1. The molecule has 0 radical (unpaired) electrons. The van der Waals surface area contributed by atoms with E-state index in [2.05, 4.69) is 12.2 Å². The molecule has 3 fully saturated rings. The van der Waals surface area contributed by atoms with E-state index in [1.165, 1.54) is 35.2 Å². The summed E-state index contributed by atoms with van der Waals surface area (Å²) in [5.41, 5.74) is 0.213. The Morgan fingerprint density at radius 3 is 2.23 bits per heavy atom. The number of ketones is 1. The molecule has 7 rings (SSSR count). The Labute approximate surface area is 199 Å². The van der Waals surface area contributed by atoms with Gasteiger partial charge in [0.25, 0.3) is 5.69 Å². The molecule has 0 spiro atoms. The minimum absolute atomic E-state index is 0.0536. The van der Waals surface area contributed by atoms with Gasteiger partial charge in [-0.3, -0.25) is 24.5 Å². The number of allylic oxidation sites excluding steroid dienone is 2. The second-order valence-electron chi connectivity index (χ2n) is 9.52. The number of nitro benzene ring substituents is 1. The second kappa shape index (κ2) is 7.69. The molecule has 2 aromatic carbocycles. The number of Topliss-reactive ketones (excluding diaryl/α,β-unsaturated/α-hetero) is 1. The van der Waals surface area contributed by atoms with Gasteiger partial charge in [0.15, 0.2) is 6.61 Å². The van der Waals surface area contributed by atoms with Crippen LogP contribution in [-0.2, 0) is 14.3 Å². The Hall–Kier alpha value is -4.14. The molecule has 1 heterocycles. The van der Waals surface area contributed by atoms with Gasteiger partial charge in [-0.2, -0.15) is 0 Å². The Bertz CT molecular complexity index is 1310. The van der Waals surface area contributed by atoms with Crippen molar-refractivity contribution in [1.82, 2.24) is 0 Å². The molecule has 2 amide bonds. The molecule has 5 aliphatic rings. The van der Waals surface area contributed by atoms with Gasteiger partial charge in [-0.15, -0.1) is 0 Å². The number of benzene rings is 2. The van der Waals surface area contributed by atoms with Crippen LogP contribution in [-0.4, -0.2) is 35.1 Å². The normalized spacial score (nSPS) is 29.5. The van der Waals surface area contributed by atoms with Crippen molar-refractivity contribution in [3.8, 4) is 0 Å². The molecular formula is C26H20N2O7. The molecule has 9 nitrogen and oxygen atoms in total. The topological polar surface area (TPSA) is 124 Å².